The van der Waals surface area contributed by atoms with Crippen molar-refractivity contribution in [3.63, 3.8) is 0 Å². The summed E-state index contributed by atoms with van der Waals surface area (Å²) < 4.78 is 14.6. The summed E-state index contributed by atoms with van der Waals surface area (Å²) in [7, 11) is 0. The van der Waals surface area contributed by atoms with Crippen molar-refractivity contribution in [1.29, 1.82) is 10.5 Å². The van der Waals surface area contributed by atoms with E-state index in [4.69, 9.17) is 11.0 Å². The van der Waals surface area contributed by atoms with Gasteiger partial charge < -0.3 is 11.1 Å². The molecule has 7 nitrogen and oxygen atoms in total. The molecule has 1 amide bonds. The lowest BCUT2D eigenvalue weighted by Gasteiger charge is -2.03. The number of benzene rings is 2. The standard InChI is InChI=1S/C23H19FN6O/c24-18-8-10-19(11-9-18)30-23(27)20(15-26)21(29-30)6-3-13-28-22(31)12-7-16-4-1-2-5-17(16)14-25/h1-2,4-5,7-12H,3,6,13,27H2,(H,28,31)/b12-7+. The van der Waals surface area contributed by atoms with E-state index in [2.05, 4.69) is 22.6 Å². The van der Waals surface area contributed by atoms with Gasteiger partial charge in [0.1, 0.15) is 23.3 Å². The van der Waals surface area contributed by atoms with Crippen LogP contribution in [0.2, 0.25) is 0 Å². The first-order chi connectivity index (χ1) is 15.0. The van der Waals surface area contributed by atoms with Crippen LogP contribution in [-0.4, -0.2) is 22.2 Å². The fourth-order valence-electron chi connectivity index (χ4n) is 2.99. The number of rotatable bonds is 7. The number of nitrogen functional groups attached to an aromatic ring is 1. The maximum Gasteiger partial charge on any atom is 0.243 e. The highest BCUT2D eigenvalue weighted by Crippen LogP contribution is 2.21. The van der Waals surface area contributed by atoms with E-state index in [0.717, 1.165) is 0 Å². The van der Waals surface area contributed by atoms with E-state index in [9.17, 15) is 14.4 Å². The number of carbonyl (C=O) groups is 1. The first kappa shape index (κ1) is 21.3. The molecule has 0 spiro atoms. The fourth-order valence-corrected chi connectivity index (χ4v) is 2.99. The molecule has 0 unspecified atom stereocenters. The van der Waals surface area contributed by atoms with Gasteiger partial charge in [0.25, 0.3) is 0 Å². The number of anilines is 1. The van der Waals surface area contributed by atoms with Gasteiger partial charge in [-0.1, -0.05) is 18.2 Å². The van der Waals surface area contributed by atoms with E-state index in [-0.39, 0.29) is 23.1 Å². The van der Waals surface area contributed by atoms with Gasteiger partial charge in [-0.2, -0.15) is 15.6 Å². The maximum atomic E-state index is 13.1. The number of hydrogen-bond acceptors (Lipinski definition) is 5. The van der Waals surface area contributed by atoms with Crippen LogP contribution in [0.25, 0.3) is 11.8 Å². The Labute approximate surface area is 178 Å². The summed E-state index contributed by atoms with van der Waals surface area (Å²) in [5.74, 6) is -0.479. The summed E-state index contributed by atoms with van der Waals surface area (Å²) in [4.78, 5) is 12.0. The first-order valence-electron chi connectivity index (χ1n) is 9.52. The van der Waals surface area contributed by atoms with Gasteiger partial charge in [-0.05, 0) is 54.8 Å². The Hall–Kier alpha value is -4.43. The summed E-state index contributed by atoms with van der Waals surface area (Å²) in [6, 6.07) is 16.8. The van der Waals surface area contributed by atoms with E-state index in [0.29, 0.717) is 41.9 Å². The number of hydrogen-bond donors (Lipinski definition) is 2. The predicted octanol–water partition coefficient (Wildman–Crippen LogP) is 3.10. The van der Waals surface area contributed by atoms with Crippen molar-refractivity contribution >= 4 is 17.8 Å². The summed E-state index contributed by atoms with van der Waals surface area (Å²) >= 11 is 0. The van der Waals surface area contributed by atoms with E-state index in [1.165, 1.54) is 35.0 Å². The number of nitriles is 2. The van der Waals surface area contributed by atoms with Crippen molar-refractivity contribution in [3.8, 4) is 17.8 Å². The Morgan fingerprint density at radius 1 is 1.16 bits per heavy atom. The molecule has 0 aliphatic carbocycles. The molecule has 8 heteroatoms. The Balaban J connectivity index is 1.58. The number of nitrogens with two attached hydrogens (primary N) is 1. The van der Waals surface area contributed by atoms with Crippen LogP contribution in [0.4, 0.5) is 10.2 Å². The molecular weight excluding hydrogens is 395 g/mol. The quantitative estimate of drug-likeness (QED) is 0.455. The second-order valence-corrected chi connectivity index (χ2v) is 6.63. The minimum atomic E-state index is -0.379. The Morgan fingerprint density at radius 2 is 1.90 bits per heavy atom. The zero-order valence-electron chi connectivity index (χ0n) is 16.5. The first-order valence-corrected chi connectivity index (χ1v) is 9.52. The molecule has 0 aliphatic heterocycles. The molecule has 1 aromatic heterocycles. The van der Waals surface area contributed by atoms with Gasteiger partial charge in [-0.15, -0.1) is 0 Å². The number of nitrogens with zero attached hydrogens (tertiary/aromatic N) is 4. The zero-order chi connectivity index (χ0) is 22.2. The largest absolute Gasteiger partial charge is 0.382 e. The SMILES string of the molecule is N#Cc1ccccc1/C=C/C(=O)NCCCc1nn(-c2ccc(F)cc2)c(N)c1C#N. The van der Waals surface area contributed by atoms with Gasteiger partial charge in [-0.25, -0.2) is 9.07 Å². The van der Waals surface area contributed by atoms with Gasteiger partial charge >= 0.3 is 0 Å². The number of amides is 1. The van der Waals surface area contributed by atoms with Crippen LogP contribution in [0.1, 0.15) is 28.8 Å². The fraction of sp³-hybridized carbons (Fsp3) is 0.130. The summed E-state index contributed by atoms with van der Waals surface area (Å²) in [5, 5.41) is 25.6. The van der Waals surface area contributed by atoms with Gasteiger partial charge in [-0.3, -0.25) is 4.79 Å². The highest BCUT2D eigenvalue weighted by atomic mass is 19.1. The third-order valence-electron chi connectivity index (χ3n) is 4.56. The minimum Gasteiger partial charge on any atom is -0.382 e. The van der Waals surface area contributed by atoms with Crippen molar-refractivity contribution in [2.24, 2.45) is 0 Å². The van der Waals surface area contributed by atoms with Gasteiger partial charge in [0.2, 0.25) is 5.91 Å². The Bertz CT molecular complexity index is 1200. The molecule has 0 saturated carbocycles. The van der Waals surface area contributed by atoms with Crippen molar-refractivity contribution in [2.75, 3.05) is 12.3 Å². The second-order valence-electron chi connectivity index (χ2n) is 6.63. The molecule has 31 heavy (non-hydrogen) atoms. The molecule has 0 saturated heterocycles. The number of aryl methyl sites for hydroxylation is 1. The average Bonchev–Trinajstić information content (AvgIpc) is 3.11. The lowest BCUT2D eigenvalue weighted by Crippen LogP contribution is -2.22. The zero-order valence-corrected chi connectivity index (χ0v) is 16.5. The molecular formula is C23H19FN6O. The number of nitrogens with one attached hydrogen (secondary N) is 1. The number of halogens is 1. The third kappa shape index (κ3) is 5.14. The molecule has 3 N–H and O–H groups in total. The van der Waals surface area contributed by atoms with Crippen LogP contribution in [0, 0.1) is 28.5 Å². The second kappa shape index (κ2) is 9.86. The molecule has 1 heterocycles. The predicted molar refractivity (Wildman–Crippen MR) is 114 cm³/mol. The molecule has 154 valence electrons. The van der Waals surface area contributed by atoms with E-state index in [1.807, 2.05) is 0 Å². The molecule has 3 aromatic rings. The number of aromatic nitrogens is 2. The molecule has 2 aromatic carbocycles. The van der Waals surface area contributed by atoms with Crippen molar-refractivity contribution in [2.45, 2.75) is 12.8 Å². The Kier molecular flexibility index (Phi) is 6.77. The maximum absolute atomic E-state index is 13.1. The van der Waals surface area contributed by atoms with E-state index in [1.54, 1.807) is 30.3 Å². The molecule has 0 bridgehead atoms. The van der Waals surface area contributed by atoms with Crippen LogP contribution in [-0.2, 0) is 11.2 Å². The molecule has 3 rings (SSSR count). The van der Waals surface area contributed by atoms with Crippen molar-refractivity contribution in [1.82, 2.24) is 15.1 Å². The van der Waals surface area contributed by atoms with E-state index < -0.39 is 0 Å². The summed E-state index contributed by atoms with van der Waals surface area (Å²) in [6.07, 6.45) is 3.94. The van der Waals surface area contributed by atoms with Crippen LogP contribution < -0.4 is 11.1 Å². The average molecular weight is 414 g/mol. The monoisotopic (exact) mass is 414 g/mol. The van der Waals surface area contributed by atoms with Crippen LogP contribution >= 0.6 is 0 Å². The summed E-state index contributed by atoms with van der Waals surface area (Å²) in [6.45, 7) is 0.372. The van der Waals surface area contributed by atoms with Crippen LogP contribution in [0.3, 0.4) is 0 Å². The third-order valence-corrected chi connectivity index (χ3v) is 4.56. The Morgan fingerprint density at radius 3 is 2.61 bits per heavy atom. The minimum absolute atomic E-state index is 0.187. The molecule has 0 radical (unpaired) electrons. The summed E-state index contributed by atoms with van der Waals surface area (Å²) in [5.41, 5.74) is 8.53. The van der Waals surface area contributed by atoms with Gasteiger partial charge in [0.15, 0.2) is 0 Å². The highest BCUT2D eigenvalue weighted by molar-refractivity contribution is 5.92. The van der Waals surface area contributed by atoms with Crippen molar-refractivity contribution in [3.05, 3.63) is 82.8 Å². The normalized spacial score (nSPS) is 10.5. The smallest absolute Gasteiger partial charge is 0.243 e. The molecule has 0 fully saturated rings. The lowest BCUT2D eigenvalue weighted by molar-refractivity contribution is -0.116. The lowest BCUT2D eigenvalue weighted by atomic mass is 10.1. The van der Waals surface area contributed by atoms with Gasteiger partial charge in [0, 0.05) is 12.6 Å². The number of carbonyl (C=O) groups excluding carboxylic acids is 1. The molecule has 0 atom stereocenters. The topological polar surface area (TPSA) is 121 Å². The molecule has 0 aliphatic rings. The van der Waals surface area contributed by atoms with Crippen molar-refractivity contribution < 1.29 is 9.18 Å². The van der Waals surface area contributed by atoms with Crippen LogP contribution in [0.5, 0.6) is 0 Å². The highest BCUT2D eigenvalue weighted by Gasteiger charge is 2.16. The van der Waals surface area contributed by atoms with Gasteiger partial charge in [0.05, 0.1) is 23.0 Å². The van der Waals surface area contributed by atoms with E-state index >= 15 is 0 Å². The van der Waals surface area contributed by atoms with Crippen LogP contribution in [0.15, 0.2) is 54.6 Å².